The monoisotopic (exact) mass is 290 g/mol. The number of rotatable bonds is 0. The van der Waals surface area contributed by atoms with Gasteiger partial charge in [0.2, 0.25) is 11.2 Å². The summed E-state index contributed by atoms with van der Waals surface area (Å²) in [6.45, 7) is 0.405. The third-order valence-corrected chi connectivity index (χ3v) is 4.33. The second-order valence-corrected chi connectivity index (χ2v) is 5.65. The molecule has 0 spiro atoms. The van der Waals surface area contributed by atoms with Crippen LogP contribution in [-0.4, -0.2) is 0 Å². The molecule has 94 valence electrons. The van der Waals surface area contributed by atoms with Crippen LogP contribution in [0.25, 0.3) is 21.6 Å². The zero-order chi connectivity index (χ0) is 13.0. The lowest BCUT2D eigenvalue weighted by Crippen LogP contribution is -2.13. The Hall–Kier alpha value is -1.78. The van der Waals surface area contributed by atoms with Gasteiger partial charge in [0.05, 0.1) is 10.3 Å². The molecule has 5 heteroatoms. The first-order valence-electron chi connectivity index (χ1n) is 5.70. The molecule has 0 amide bonds. The first-order valence-corrected chi connectivity index (χ1v) is 6.96. The third-order valence-electron chi connectivity index (χ3n) is 3.14. The summed E-state index contributed by atoms with van der Waals surface area (Å²) in [6, 6.07) is 7.00. The van der Waals surface area contributed by atoms with E-state index in [0.29, 0.717) is 28.4 Å². The fraction of sp³-hybridized carbons (Fsp3) is 0.0714. The molecule has 3 nitrogen and oxygen atoms in total. The van der Waals surface area contributed by atoms with Crippen LogP contribution < -0.4 is 10.2 Å². The van der Waals surface area contributed by atoms with E-state index in [0.717, 1.165) is 10.4 Å². The lowest BCUT2D eigenvalue weighted by Gasteiger charge is -2.16. The molecule has 2 aromatic heterocycles. The van der Waals surface area contributed by atoms with Crippen molar-refractivity contribution in [3.8, 4) is 16.4 Å². The largest absolute Gasteiger partial charge is 0.481 e. The Morgan fingerprint density at radius 3 is 3.05 bits per heavy atom. The fourth-order valence-corrected chi connectivity index (χ4v) is 3.29. The molecule has 3 aromatic rings. The van der Waals surface area contributed by atoms with Crippen molar-refractivity contribution in [2.75, 3.05) is 0 Å². The van der Waals surface area contributed by atoms with Gasteiger partial charge in [0.15, 0.2) is 5.76 Å². The lowest BCUT2D eigenvalue weighted by molar-refractivity contribution is 0.291. The summed E-state index contributed by atoms with van der Waals surface area (Å²) < 4.78 is 11.4. The lowest BCUT2D eigenvalue weighted by atomic mass is 10.1. The van der Waals surface area contributed by atoms with Gasteiger partial charge < -0.3 is 9.15 Å². The summed E-state index contributed by atoms with van der Waals surface area (Å²) in [5.41, 5.74) is 1.41. The number of ether oxygens (including phenoxy) is 1. The predicted octanol–water partition coefficient (Wildman–Crippen LogP) is 4.07. The van der Waals surface area contributed by atoms with E-state index in [4.69, 9.17) is 20.8 Å². The Kier molecular flexibility index (Phi) is 2.25. The summed E-state index contributed by atoms with van der Waals surface area (Å²) in [7, 11) is 0. The molecule has 0 bridgehead atoms. The third kappa shape index (κ3) is 1.54. The maximum Gasteiger partial charge on any atom is 0.235 e. The second kappa shape index (κ2) is 3.85. The fourth-order valence-electron chi connectivity index (χ4n) is 2.23. The molecule has 0 atom stereocenters. The van der Waals surface area contributed by atoms with E-state index in [1.165, 1.54) is 0 Å². The summed E-state index contributed by atoms with van der Waals surface area (Å²) in [5, 5.41) is 2.92. The number of hydrogen-bond acceptors (Lipinski definition) is 4. The number of fused-ring (bicyclic) bond motifs is 4. The van der Waals surface area contributed by atoms with Gasteiger partial charge >= 0.3 is 0 Å². The van der Waals surface area contributed by atoms with E-state index in [2.05, 4.69) is 0 Å². The molecule has 1 aromatic carbocycles. The first kappa shape index (κ1) is 11.1. The van der Waals surface area contributed by atoms with Crippen LogP contribution in [0.2, 0.25) is 5.02 Å². The Bertz CT molecular complexity index is 863. The second-order valence-electron chi connectivity index (χ2n) is 4.29. The molecular weight excluding hydrogens is 284 g/mol. The van der Waals surface area contributed by atoms with Crippen LogP contribution in [0.15, 0.2) is 38.9 Å². The van der Waals surface area contributed by atoms with Crippen molar-refractivity contribution in [3.05, 3.63) is 50.5 Å². The minimum absolute atomic E-state index is 0.169. The van der Waals surface area contributed by atoms with Crippen molar-refractivity contribution in [2.24, 2.45) is 0 Å². The van der Waals surface area contributed by atoms with E-state index in [1.807, 2.05) is 11.4 Å². The van der Waals surface area contributed by atoms with Gasteiger partial charge in [-0.2, -0.15) is 0 Å². The molecule has 1 aliphatic rings. The van der Waals surface area contributed by atoms with Crippen LogP contribution in [-0.2, 0) is 6.61 Å². The van der Waals surface area contributed by atoms with Gasteiger partial charge in [-0.3, -0.25) is 4.79 Å². The zero-order valence-electron chi connectivity index (χ0n) is 9.60. The quantitative estimate of drug-likeness (QED) is 0.626. The number of benzene rings is 1. The molecule has 0 fully saturated rings. The van der Waals surface area contributed by atoms with Crippen LogP contribution in [0, 0.1) is 0 Å². The SMILES string of the molecule is O=c1c2c(oc3ccc(Cl)cc13)-c1sccc1CO2. The molecule has 0 radical (unpaired) electrons. The Morgan fingerprint density at radius 2 is 2.16 bits per heavy atom. The maximum absolute atomic E-state index is 12.4. The van der Waals surface area contributed by atoms with Crippen molar-refractivity contribution < 1.29 is 9.15 Å². The Balaban J connectivity index is 2.14. The summed E-state index contributed by atoms with van der Waals surface area (Å²) >= 11 is 7.47. The topological polar surface area (TPSA) is 39.4 Å². The first-order chi connectivity index (χ1) is 9.24. The minimum atomic E-state index is -0.169. The van der Waals surface area contributed by atoms with Crippen molar-refractivity contribution >= 4 is 33.9 Å². The van der Waals surface area contributed by atoms with Crippen LogP contribution in [0.5, 0.6) is 5.75 Å². The van der Waals surface area contributed by atoms with Gasteiger partial charge in [0.1, 0.15) is 12.2 Å². The summed E-state index contributed by atoms with van der Waals surface area (Å²) in [5.74, 6) is 0.806. The normalized spacial score (nSPS) is 12.9. The van der Waals surface area contributed by atoms with E-state index in [1.54, 1.807) is 29.5 Å². The predicted molar refractivity (Wildman–Crippen MR) is 75.1 cm³/mol. The van der Waals surface area contributed by atoms with E-state index >= 15 is 0 Å². The smallest absolute Gasteiger partial charge is 0.235 e. The Labute approximate surface area is 117 Å². The average Bonchev–Trinajstić information content (AvgIpc) is 2.88. The van der Waals surface area contributed by atoms with Gasteiger partial charge in [-0.05, 0) is 29.6 Å². The van der Waals surface area contributed by atoms with Gasteiger partial charge in [0, 0.05) is 10.6 Å². The van der Waals surface area contributed by atoms with Crippen LogP contribution in [0.3, 0.4) is 0 Å². The van der Waals surface area contributed by atoms with Gasteiger partial charge in [-0.15, -0.1) is 11.3 Å². The highest BCUT2D eigenvalue weighted by molar-refractivity contribution is 7.13. The number of hydrogen-bond donors (Lipinski definition) is 0. The standard InChI is InChI=1S/C14H7ClO3S/c15-8-1-2-10-9(5-8)11(16)12-13(18-10)14-7(6-17-12)3-4-19-14/h1-5H,6H2. The van der Waals surface area contributed by atoms with Gasteiger partial charge in [-0.1, -0.05) is 11.6 Å². The van der Waals surface area contributed by atoms with Crippen molar-refractivity contribution in [2.45, 2.75) is 6.61 Å². The maximum atomic E-state index is 12.4. The van der Waals surface area contributed by atoms with E-state index < -0.39 is 0 Å². The van der Waals surface area contributed by atoms with Crippen LogP contribution in [0.1, 0.15) is 5.56 Å². The van der Waals surface area contributed by atoms with Gasteiger partial charge in [0.25, 0.3) is 0 Å². The Morgan fingerprint density at radius 1 is 1.26 bits per heavy atom. The van der Waals surface area contributed by atoms with Crippen LogP contribution in [0.4, 0.5) is 0 Å². The molecule has 19 heavy (non-hydrogen) atoms. The molecule has 0 unspecified atom stereocenters. The molecule has 4 rings (SSSR count). The van der Waals surface area contributed by atoms with Crippen molar-refractivity contribution in [3.63, 3.8) is 0 Å². The zero-order valence-corrected chi connectivity index (χ0v) is 11.2. The summed E-state index contributed by atoms with van der Waals surface area (Å²) in [6.07, 6.45) is 0. The molecule has 0 aliphatic carbocycles. The van der Waals surface area contributed by atoms with Crippen LogP contribution >= 0.6 is 22.9 Å². The van der Waals surface area contributed by atoms with Crippen molar-refractivity contribution in [1.82, 2.24) is 0 Å². The minimum Gasteiger partial charge on any atom is -0.481 e. The molecule has 1 aliphatic heterocycles. The van der Waals surface area contributed by atoms with E-state index in [9.17, 15) is 4.79 Å². The highest BCUT2D eigenvalue weighted by Gasteiger charge is 2.25. The molecule has 0 saturated carbocycles. The molecule has 0 saturated heterocycles. The molecule has 0 N–H and O–H groups in total. The molecular formula is C14H7ClO3S. The number of thiophene rings is 1. The van der Waals surface area contributed by atoms with Gasteiger partial charge in [-0.25, -0.2) is 0 Å². The highest BCUT2D eigenvalue weighted by Crippen LogP contribution is 2.40. The van der Waals surface area contributed by atoms with Crippen molar-refractivity contribution in [1.29, 1.82) is 0 Å². The summed E-state index contributed by atoms with van der Waals surface area (Å²) in [4.78, 5) is 13.4. The average molecular weight is 291 g/mol. The molecule has 3 heterocycles. The number of halogens is 1. The highest BCUT2D eigenvalue weighted by atomic mass is 35.5. The van der Waals surface area contributed by atoms with E-state index in [-0.39, 0.29) is 11.2 Å².